The molecule has 2 heterocycles. The number of aliphatic hydroxyl groups excluding tert-OH is 1. The van der Waals surface area contributed by atoms with Crippen LogP contribution in [0.1, 0.15) is 17.2 Å². The maximum Gasteiger partial charge on any atom is 0.146 e. The monoisotopic (exact) mass is 338 g/mol. The van der Waals surface area contributed by atoms with Gasteiger partial charge in [-0.15, -0.1) is 0 Å². The highest BCUT2D eigenvalue weighted by Crippen LogP contribution is 2.32. The first-order chi connectivity index (χ1) is 9.59. The van der Waals surface area contributed by atoms with Crippen LogP contribution in [0.15, 0.2) is 47.2 Å². The quantitative estimate of drug-likeness (QED) is 0.726. The molecule has 1 aromatic carbocycles. The summed E-state index contributed by atoms with van der Waals surface area (Å²) in [5.41, 5.74) is 0.554. The fraction of sp³-hybridized carbons (Fsp3) is 0.0714. The Hall–Kier alpha value is -1.79. The fourth-order valence-electron chi connectivity index (χ4n) is 2.11. The summed E-state index contributed by atoms with van der Waals surface area (Å²) < 4.78 is 29.5. The summed E-state index contributed by atoms with van der Waals surface area (Å²) in [7, 11) is 0. The van der Waals surface area contributed by atoms with Gasteiger partial charge in [0.15, 0.2) is 0 Å². The molecular weight excluding hydrogens is 330 g/mol. The van der Waals surface area contributed by atoms with Gasteiger partial charge in [0.2, 0.25) is 0 Å². The van der Waals surface area contributed by atoms with Crippen molar-refractivity contribution in [1.82, 2.24) is 9.61 Å². The summed E-state index contributed by atoms with van der Waals surface area (Å²) in [5, 5.41) is 14.4. The second-order valence-electron chi connectivity index (χ2n) is 4.29. The lowest BCUT2D eigenvalue weighted by Gasteiger charge is -2.13. The van der Waals surface area contributed by atoms with Crippen LogP contribution in [0.3, 0.4) is 0 Å². The molecule has 0 aliphatic heterocycles. The number of fused-ring (bicyclic) bond motifs is 1. The van der Waals surface area contributed by atoms with Crippen molar-refractivity contribution in [3.8, 4) is 0 Å². The van der Waals surface area contributed by atoms with Crippen LogP contribution in [-0.2, 0) is 0 Å². The van der Waals surface area contributed by atoms with E-state index in [1.807, 2.05) is 0 Å². The van der Waals surface area contributed by atoms with Crippen molar-refractivity contribution in [2.45, 2.75) is 6.10 Å². The maximum atomic E-state index is 14.0. The number of rotatable bonds is 2. The molecule has 0 fully saturated rings. The molecule has 0 aliphatic carbocycles. The Morgan fingerprint density at radius 2 is 2.00 bits per heavy atom. The molecule has 3 aromatic rings. The Bertz CT molecular complexity index is 788. The van der Waals surface area contributed by atoms with E-state index < -0.39 is 23.3 Å². The first-order valence-corrected chi connectivity index (χ1v) is 6.62. The molecule has 6 heteroatoms. The van der Waals surface area contributed by atoms with Crippen molar-refractivity contribution in [3.63, 3.8) is 0 Å². The summed E-state index contributed by atoms with van der Waals surface area (Å²) in [4.78, 5) is 0. The van der Waals surface area contributed by atoms with Crippen LogP contribution in [0, 0.1) is 11.6 Å². The molecule has 0 saturated heterocycles. The van der Waals surface area contributed by atoms with Gasteiger partial charge < -0.3 is 5.11 Å². The molecule has 0 bridgehead atoms. The lowest BCUT2D eigenvalue weighted by Crippen LogP contribution is -2.06. The third-order valence-corrected chi connectivity index (χ3v) is 3.72. The molecule has 2 aromatic heterocycles. The van der Waals surface area contributed by atoms with Crippen LogP contribution in [0.25, 0.3) is 5.52 Å². The Morgan fingerprint density at radius 3 is 2.80 bits per heavy atom. The Balaban J connectivity index is 2.18. The number of hydrogen-bond acceptors (Lipinski definition) is 2. The molecule has 0 radical (unpaired) electrons. The zero-order chi connectivity index (χ0) is 14.3. The third-order valence-electron chi connectivity index (χ3n) is 3.10. The number of benzene rings is 1. The Morgan fingerprint density at radius 1 is 1.20 bits per heavy atom. The SMILES string of the molecule is OC(c1c(F)ccc(Br)c1F)c1cnn2ccccc12. The predicted octanol–water partition coefficient (Wildman–Crippen LogP) is 3.46. The van der Waals surface area contributed by atoms with E-state index in [9.17, 15) is 13.9 Å². The van der Waals surface area contributed by atoms with E-state index in [2.05, 4.69) is 21.0 Å². The van der Waals surface area contributed by atoms with Crippen molar-refractivity contribution >= 4 is 21.4 Å². The standard InChI is InChI=1S/C14H9BrF2N2O/c15-9-4-5-10(16)12(13(9)17)14(20)8-7-18-19-6-2-1-3-11(8)19/h1-7,14,20H. The van der Waals surface area contributed by atoms with Gasteiger partial charge in [0.1, 0.15) is 17.7 Å². The number of nitrogens with zero attached hydrogens (tertiary/aromatic N) is 2. The third kappa shape index (κ3) is 2.01. The molecule has 3 nitrogen and oxygen atoms in total. The van der Waals surface area contributed by atoms with Gasteiger partial charge in [-0.05, 0) is 40.2 Å². The van der Waals surface area contributed by atoms with Gasteiger partial charge in [-0.2, -0.15) is 5.10 Å². The first-order valence-electron chi connectivity index (χ1n) is 5.83. The van der Waals surface area contributed by atoms with Crippen molar-refractivity contribution < 1.29 is 13.9 Å². The highest BCUT2D eigenvalue weighted by Gasteiger charge is 2.24. The summed E-state index contributed by atoms with van der Waals surface area (Å²) in [6.07, 6.45) is 1.67. The van der Waals surface area contributed by atoms with Gasteiger partial charge in [-0.3, -0.25) is 0 Å². The summed E-state index contributed by atoms with van der Waals surface area (Å²) in [6.45, 7) is 0. The van der Waals surface area contributed by atoms with Gasteiger partial charge in [0.25, 0.3) is 0 Å². The average molecular weight is 339 g/mol. The molecular formula is C14H9BrF2N2O. The molecule has 0 aliphatic rings. The van der Waals surface area contributed by atoms with E-state index in [1.54, 1.807) is 24.4 Å². The maximum absolute atomic E-state index is 14.0. The number of hydrogen-bond donors (Lipinski definition) is 1. The molecule has 0 saturated carbocycles. The zero-order valence-corrected chi connectivity index (χ0v) is 11.7. The minimum absolute atomic E-state index is 0.101. The second kappa shape index (κ2) is 4.96. The van der Waals surface area contributed by atoms with E-state index in [-0.39, 0.29) is 4.47 Å². The van der Waals surface area contributed by atoms with Crippen molar-refractivity contribution in [2.24, 2.45) is 0 Å². The van der Waals surface area contributed by atoms with Crippen LogP contribution in [0.2, 0.25) is 0 Å². The van der Waals surface area contributed by atoms with Gasteiger partial charge in [0, 0.05) is 11.8 Å². The van der Waals surface area contributed by atoms with Crippen LogP contribution >= 0.6 is 15.9 Å². The number of aromatic nitrogens is 2. The lowest BCUT2D eigenvalue weighted by molar-refractivity contribution is 0.210. The van der Waals surface area contributed by atoms with Crippen molar-refractivity contribution in [1.29, 1.82) is 0 Å². The minimum Gasteiger partial charge on any atom is -0.383 e. The molecule has 3 rings (SSSR count). The largest absolute Gasteiger partial charge is 0.383 e. The van der Waals surface area contributed by atoms with Gasteiger partial charge in [-0.25, -0.2) is 13.3 Å². The molecule has 0 amide bonds. The second-order valence-corrected chi connectivity index (χ2v) is 5.14. The zero-order valence-electron chi connectivity index (χ0n) is 10.1. The molecule has 1 N–H and O–H groups in total. The molecule has 20 heavy (non-hydrogen) atoms. The normalized spacial score (nSPS) is 12.8. The van der Waals surface area contributed by atoms with Gasteiger partial charge >= 0.3 is 0 Å². The van der Waals surface area contributed by atoms with E-state index >= 15 is 0 Å². The van der Waals surface area contributed by atoms with Gasteiger partial charge in [-0.1, -0.05) is 6.07 Å². The highest BCUT2D eigenvalue weighted by molar-refractivity contribution is 9.10. The van der Waals surface area contributed by atoms with Crippen molar-refractivity contribution in [2.75, 3.05) is 0 Å². The molecule has 1 unspecified atom stereocenters. The number of aliphatic hydroxyl groups is 1. The summed E-state index contributed by atoms with van der Waals surface area (Å²) in [6, 6.07) is 7.63. The van der Waals surface area contributed by atoms with E-state index in [0.29, 0.717) is 11.1 Å². The minimum atomic E-state index is -1.42. The molecule has 0 spiro atoms. The lowest BCUT2D eigenvalue weighted by atomic mass is 10.0. The van der Waals surface area contributed by atoms with Crippen molar-refractivity contribution in [3.05, 3.63) is 70.0 Å². The van der Waals surface area contributed by atoms with E-state index in [4.69, 9.17) is 0 Å². The number of halogens is 3. The molecule has 102 valence electrons. The molecule has 1 atom stereocenters. The predicted molar refractivity (Wildman–Crippen MR) is 73.3 cm³/mol. The van der Waals surface area contributed by atoms with Crippen LogP contribution in [0.5, 0.6) is 0 Å². The van der Waals surface area contributed by atoms with Gasteiger partial charge in [0.05, 0.1) is 21.7 Å². The smallest absolute Gasteiger partial charge is 0.146 e. The Kier molecular flexibility index (Phi) is 3.27. The van der Waals surface area contributed by atoms with Crippen LogP contribution < -0.4 is 0 Å². The summed E-state index contributed by atoms with van der Waals surface area (Å²) in [5.74, 6) is -1.61. The Labute approximate surface area is 121 Å². The first kappa shape index (κ1) is 13.2. The van der Waals surface area contributed by atoms with Crippen LogP contribution in [0.4, 0.5) is 8.78 Å². The fourth-order valence-corrected chi connectivity index (χ4v) is 2.46. The highest BCUT2D eigenvalue weighted by atomic mass is 79.9. The number of pyridine rings is 1. The topological polar surface area (TPSA) is 37.5 Å². The van der Waals surface area contributed by atoms with E-state index in [1.165, 1.54) is 16.8 Å². The average Bonchev–Trinajstić information content (AvgIpc) is 2.87. The van der Waals surface area contributed by atoms with Crippen LogP contribution in [-0.4, -0.2) is 14.7 Å². The summed E-state index contributed by atoms with van der Waals surface area (Å²) >= 11 is 2.99. The van der Waals surface area contributed by atoms with E-state index in [0.717, 1.165) is 6.07 Å².